The molecular weight excluding hydrogens is 242 g/mol. The molecule has 0 nitrogen and oxygen atoms in total. The second kappa shape index (κ2) is 3.95. The molecule has 0 amide bonds. The molecular formula is C14H11ClF2. The van der Waals surface area contributed by atoms with Crippen LogP contribution in [-0.4, -0.2) is 6.43 Å². The van der Waals surface area contributed by atoms with E-state index in [1.54, 1.807) is 6.07 Å². The van der Waals surface area contributed by atoms with Gasteiger partial charge in [-0.25, -0.2) is 8.78 Å². The number of alkyl halides is 3. The fourth-order valence-corrected chi connectivity index (χ4v) is 2.84. The highest BCUT2D eigenvalue weighted by atomic mass is 35.5. The Morgan fingerprint density at radius 1 is 1.00 bits per heavy atom. The Kier molecular flexibility index (Phi) is 2.55. The summed E-state index contributed by atoms with van der Waals surface area (Å²) in [6.07, 6.45) is -0.537. The molecule has 1 unspecified atom stereocenters. The number of hydrogen-bond acceptors (Lipinski definition) is 0. The van der Waals surface area contributed by atoms with Crippen LogP contribution in [0.25, 0.3) is 10.8 Å². The Labute approximate surface area is 103 Å². The van der Waals surface area contributed by atoms with E-state index in [1.807, 2.05) is 18.2 Å². The maximum Gasteiger partial charge on any atom is 0.258 e. The van der Waals surface area contributed by atoms with E-state index in [4.69, 9.17) is 11.6 Å². The lowest BCUT2D eigenvalue weighted by molar-refractivity contribution is 0.143. The molecule has 2 aromatic rings. The first kappa shape index (κ1) is 11.0. The van der Waals surface area contributed by atoms with E-state index in [0.29, 0.717) is 5.56 Å². The lowest BCUT2D eigenvalue weighted by Crippen LogP contribution is -2.03. The molecule has 0 bridgehead atoms. The monoisotopic (exact) mass is 252 g/mol. The van der Waals surface area contributed by atoms with Gasteiger partial charge in [-0.3, -0.25) is 0 Å². The quantitative estimate of drug-likeness (QED) is 0.691. The fraction of sp³-hybridized carbons (Fsp3) is 0.286. The average molecular weight is 253 g/mol. The molecule has 0 aliphatic heterocycles. The first-order valence-electron chi connectivity index (χ1n) is 5.64. The number of rotatable bonds is 2. The van der Waals surface area contributed by atoms with Crippen LogP contribution >= 0.6 is 11.6 Å². The van der Waals surface area contributed by atoms with Gasteiger partial charge in [0.1, 0.15) is 5.38 Å². The van der Waals surface area contributed by atoms with Crippen molar-refractivity contribution in [2.75, 3.05) is 0 Å². The van der Waals surface area contributed by atoms with Crippen LogP contribution in [0.1, 0.15) is 22.1 Å². The predicted octanol–water partition coefficient (Wildman–Crippen LogP) is 4.48. The van der Waals surface area contributed by atoms with Crippen LogP contribution < -0.4 is 0 Å². The van der Waals surface area contributed by atoms with Crippen LogP contribution in [0.5, 0.6) is 0 Å². The number of benzene rings is 2. The molecule has 3 heteroatoms. The molecule has 0 saturated heterocycles. The Morgan fingerprint density at radius 2 is 1.71 bits per heavy atom. The highest BCUT2D eigenvalue weighted by molar-refractivity contribution is 6.22. The van der Waals surface area contributed by atoms with Crippen molar-refractivity contribution < 1.29 is 8.78 Å². The van der Waals surface area contributed by atoms with Gasteiger partial charge < -0.3 is 0 Å². The summed E-state index contributed by atoms with van der Waals surface area (Å²) in [6, 6.07) is 9.56. The third kappa shape index (κ3) is 1.62. The van der Waals surface area contributed by atoms with Crippen molar-refractivity contribution in [3.8, 4) is 0 Å². The highest BCUT2D eigenvalue weighted by Gasteiger charge is 2.24. The summed E-state index contributed by atoms with van der Waals surface area (Å²) in [6.45, 7) is 0. The number of aryl methyl sites for hydroxylation is 2. The fourth-order valence-electron chi connectivity index (χ4n) is 2.65. The van der Waals surface area contributed by atoms with Crippen LogP contribution in [0.3, 0.4) is 0 Å². The molecule has 88 valence electrons. The van der Waals surface area contributed by atoms with Gasteiger partial charge in [-0.05, 0) is 40.3 Å². The van der Waals surface area contributed by atoms with Crippen molar-refractivity contribution in [1.29, 1.82) is 0 Å². The second-order valence-electron chi connectivity index (χ2n) is 4.39. The van der Waals surface area contributed by atoms with E-state index >= 15 is 0 Å². The Bertz CT molecular complexity index is 567. The third-order valence-corrected chi connectivity index (χ3v) is 3.85. The van der Waals surface area contributed by atoms with Gasteiger partial charge in [0.15, 0.2) is 0 Å². The SMILES string of the molecule is FC(F)C(Cl)c1ccc2c3c(cccc13)CC2. The van der Waals surface area contributed by atoms with Crippen LogP contribution in [-0.2, 0) is 12.8 Å². The summed E-state index contributed by atoms with van der Waals surface area (Å²) < 4.78 is 25.5. The molecule has 0 saturated carbocycles. The van der Waals surface area contributed by atoms with Gasteiger partial charge in [-0.15, -0.1) is 11.6 Å². The smallest absolute Gasteiger partial charge is 0.208 e. The standard InChI is InChI=1S/C14H11ClF2/c15-13(14(16)17)11-7-6-9-5-4-8-2-1-3-10(11)12(8)9/h1-3,6-7,13-14H,4-5H2. The minimum atomic E-state index is -2.53. The maximum absolute atomic E-state index is 12.7. The normalized spacial score (nSPS) is 15.8. The Morgan fingerprint density at radius 3 is 2.41 bits per heavy atom. The van der Waals surface area contributed by atoms with E-state index in [9.17, 15) is 8.78 Å². The van der Waals surface area contributed by atoms with Gasteiger partial charge in [0.2, 0.25) is 0 Å². The molecule has 0 fully saturated rings. The lowest BCUT2D eigenvalue weighted by atomic mass is 9.98. The molecule has 3 rings (SSSR count). The second-order valence-corrected chi connectivity index (χ2v) is 4.86. The van der Waals surface area contributed by atoms with Crippen LogP contribution in [0.2, 0.25) is 0 Å². The maximum atomic E-state index is 12.7. The molecule has 0 spiro atoms. The zero-order valence-corrected chi connectivity index (χ0v) is 9.85. The van der Waals surface area contributed by atoms with Gasteiger partial charge >= 0.3 is 0 Å². The molecule has 17 heavy (non-hydrogen) atoms. The van der Waals surface area contributed by atoms with Crippen LogP contribution in [0, 0.1) is 0 Å². The van der Waals surface area contributed by atoms with E-state index in [-0.39, 0.29) is 0 Å². The summed E-state index contributed by atoms with van der Waals surface area (Å²) in [5, 5.41) is 0.800. The van der Waals surface area contributed by atoms with Crippen LogP contribution in [0.15, 0.2) is 30.3 Å². The summed E-state index contributed by atoms with van der Waals surface area (Å²) in [4.78, 5) is 0. The molecule has 1 aliphatic carbocycles. The molecule has 0 N–H and O–H groups in total. The van der Waals surface area contributed by atoms with Crippen molar-refractivity contribution in [3.63, 3.8) is 0 Å². The zero-order valence-electron chi connectivity index (χ0n) is 9.09. The van der Waals surface area contributed by atoms with E-state index in [1.165, 1.54) is 11.1 Å². The van der Waals surface area contributed by atoms with E-state index in [2.05, 4.69) is 6.07 Å². The first-order chi connectivity index (χ1) is 8.18. The largest absolute Gasteiger partial charge is 0.258 e. The minimum Gasteiger partial charge on any atom is -0.208 e. The van der Waals surface area contributed by atoms with Gasteiger partial charge in [-0.2, -0.15) is 0 Å². The number of halogens is 3. The van der Waals surface area contributed by atoms with Gasteiger partial charge in [0.25, 0.3) is 6.43 Å². The summed E-state index contributed by atoms with van der Waals surface area (Å²) in [5.41, 5.74) is 3.04. The average Bonchev–Trinajstić information content (AvgIpc) is 2.74. The Hall–Kier alpha value is -1.15. The van der Waals surface area contributed by atoms with Crippen molar-refractivity contribution in [2.24, 2.45) is 0 Å². The van der Waals surface area contributed by atoms with Gasteiger partial charge in [0, 0.05) is 0 Å². The topological polar surface area (TPSA) is 0 Å². The third-order valence-electron chi connectivity index (χ3n) is 3.43. The van der Waals surface area contributed by atoms with E-state index < -0.39 is 11.8 Å². The van der Waals surface area contributed by atoms with Crippen LogP contribution in [0.4, 0.5) is 8.78 Å². The molecule has 1 aliphatic rings. The molecule has 2 aromatic carbocycles. The zero-order chi connectivity index (χ0) is 12.0. The summed E-state index contributed by atoms with van der Waals surface area (Å²) in [5.74, 6) is 0. The minimum absolute atomic E-state index is 0.546. The molecule has 0 radical (unpaired) electrons. The highest BCUT2D eigenvalue weighted by Crippen LogP contribution is 2.38. The first-order valence-corrected chi connectivity index (χ1v) is 6.07. The van der Waals surface area contributed by atoms with Crippen molar-refractivity contribution in [2.45, 2.75) is 24.6 Å². The van der Waals surface area contributed by atoms with Gasteiger partial charge in [0.05, 0.1) is 0 Å². The molecule has 0 heterocycles. The van der Waals surface area contributed by atoms with Crippen molar-refractivity contribution >= 4 is 22.4 Å². The van der Waals surface area contributed by atoms with Gasteiger partial charge in [-0.1, -0.05) is 30.3 Å². The molecule has 0 aromatic heterocycles. The molecule has 1 atom stereocenters. The van der Waals surface area contributed by atoms with Crippen molar-refractivity contribution in [1.82, 2.24) is 0 Å². The predicted molar refractivity (Wildman–Crippen MR) is 66.0 cm³/mol. The van der Waals surface area contributed by atoms with Crippen molar-refractivity contribution in [3.05, 3.63) is 47.0 Å². The lowest BCUT2D eigenvalue weighted by Gasteiger charge is -2.13. The Balaban J connectivity index is 2.29. The summed E-state index contributed by atoms with van der Waals surface area (Å²) in [7, 11) is 0. The summed E-state index contributed by atoms with van der Waals surface area (Å²) >= 11 is 5.80. The number of hydrogen-bond donors (Lipinski definition) is 0. The van der Waals surface area contributed by atoms with E-state index in [0.717, 1.165) is 23.6 Å².